The Balaban J connectivity index is 2.87. The molecule has 0 aliphatic heterocycles. The molecule has 0 aliphatic carbocycles. The maximum absolute atomic E-state index is 9.07. The first-order chi connectivity index (χ1) is 6.24. The molecule has 0 saturated heterocycles. The quantitative estimate of drug-likeness (QED) is 0.720. The van der Waals surface area contributed by atoms with E-state index in [1.54, 1.807) is 12.3 Å². The molecule has 2 rings (SSSR count). The van der Waals surface area contributed by atoms with Crippen molar-refractivity contribution in [2.75, 3.05) is 0 Å². The zero-order valence-corrected chi connectivity index (χ0v) is 8.02. The lowest BCUT2D eigenvalue weighted by atomic mass is 10.2. The fourth-order valence-electron chi connectivity index (χ4n) is 1.24. The Morgan fingerprint density at radius 1 is 1.46 bits per heavy atom. The topological polar surface area (TPSA) is 48.9 Å². The van der Waals surface area contributed by atoms with Gasteiger partial charge in [-0.15, -0.1) is 0 Å². The maximum Gasteiger partial charge on any atom is 0.150 e. The Morgan fingerprint density at radius 3 is 2.92 bits per heavy atom. The van der Waals surface area contributed by atoms with Crippen molar-refractivity contribution < 1.29 is 5.11 Å². The van der Waals surface area contributed by atoms with Crippen LogP contribution in [0.2, 0.25) is 10.2 Å². The summed E-state index contributed by atoms with van der Waals surface area (Å²) in [5.74, 6) is 0. The minimum Gasteiger partial charge on any atom is -0.392 e. The van der Waals surface area contributed by atoms with Gasteiger partial charge in [0.15, 0.2) is 0 Å². The summed E-state index contributed by atoms with van der Waals surface area (Å²) < 4.78 is 0. The molecule has 0 atom stereocenters. The van der Waals surface area contributed by atoms with Crippen LogP contribution >= 0.6 is 23.2 Å². The van der Waals surface area contributed by atoms with Gasteiger partial charge < -0.3 is 10.1 Å². The minimum absolute atomic E-state index is 0.143. The number of nitrogens with one attached hydrogen (secondary N) is 1. The Labute approximate surface area is 84.3 Å². The molecule has 0 amide bonds. The second kappa shape index (κ2) is 3.18. The summed E-state index contributed by atoms with van der Waals surface area (Å²) in [5, 5.41) is 10.4. The number of nitrogens with zero attached hydrogens (tertiary/aromatic N) is 1. The fraction of sp³-hybridized carbons (Fsp3) is 0.125. The third-order valence-corrected chi connectivity index (χ3v) is 2.64. The Morgan fingerprint density at radius 2 is 2.23 bits per heavy atom. The van der Waals surface area contributed by atoms with E-state index >= 15 is 0 Å². The van der Waals surface area contributed by atoms with E-state index in [9.17, 15) is 0 Å². The number of rotatable bonds is 1. The highest BCUT2D eigenvalue weighted by Gasteiger charge is 2.11. The molecule has 0 saturated carbocycles. The normalized spacial score (nSPS) is 11.0. The molecule has 2 aromatic heterocycles. The summed E-state index contributed by atoms with van der Waals surface area (Å²) in [6.07, 6.45) is 1.73. The number of aliphatic hydroxyl groups excluding tert-OH is 1. The smallest absolute Gasteiger partial charge is 0.150 e. The standard InChI is InChI=1S/C8H6Cl2N2O/c9-6-5(3-13)4-1-2-11-8(4)12-7(6)10/h1-2,13H,3H2,(H,11,12). The lowest BCUT2D eigenvalue weighted by Crippen LogP contribution is -1.90. The first-order valence-corrected chi connectivity index (χ1v) is 4.41. The van der Waals surface area contributed by atoms with Gasteiger partial charge in [-0.25, -0.2) is 4.98 Å². The predicted molar refractivity (Wildman–Crippen MR) is 52.0 cm³/mol. The van der Waals surface area contributed by atoms with Crippen LogP contribution in [0.3, 0.4) is 0 Å². The van der Waals surface area contributed by atoms with Crippen molar-refractivity contribution in [1.82, 2.24) is 9.97 Å². The van der Waals surface area contributed by atoms with Crippen LogP contribution < -0.4 is 0 Å². The molecule has 13 heavy (non-hydrogen) atoms. The minimum atomic E-state index is -0.143. The fourth-order valence-corrected chi connectivity index (χ4v) is 1.64. The lowest BCUT2D eigenvalue weighted by Gasteiger charge is -2.03. The van der Waals surface area contributed by atoms with E-state index < -0.39 is 0 Å². The van der Waals surface area contributed by atoms with Crippen molar-refractivity contribution in [3.63, 3.8) is 0 Å². The van der Waals surface area contributed by atoms with E-state index in [0.29, 0.717) is 16.2 Å². The largest absolute Gasteiger partial charge is 0.392 e. The van der Waals surface area contributed by atoms with E-state index in [4.69, 9.17) is 28.3 Å². The van der Waals surface area contributed by atoms with Crippen molar-refractivity contribution in [1.29, 1.82) is 0 Å². The highest BCUT2D eigenvalue weighted by atomic mass is 35.5. The molecule has 2 heterocycles. The maximum atomic E-state index is 9.07. The molecular weight excluding hydrogens is 211 g/mol. The van der Waals surface area contributed by atoms with Crippen molar-refractivity contribution >= 4 is 34.2 Å². The van der Waals surface area contributed by atoms with Gasteiger partial charge in [0.05, 0.1) is 11.6 Å². The van der Waals surface area contributed by atoms with Crippen LogP contribution in [0.15, 0.2) is 12.3 Å². The molecule has 0 bridgehead atoms. The van der Waals surface area contributed by atoms with Crippen LogP contribution in [0.4, 0.5) is 0 Å². The number of hydrogen-bond acceptors (Lipinski definition) is 2. The Hall–Kier alpha value is -0.770. The van der Waals surface area contributed by atoms with Crippen molar-refractivity contribution in [2.45, 2.75) is 6.61 Å². The Kier molecular flexibility index (Phi) is 2.15. The number of fused-ring (bicyclic) bond motifs is 1. The summed E-state index contributed by atoms with van der Waals surface area (Å²) in [7, 11) is 0. The van der Waals surface area contributed by atoms with Crippen LogP contribution in [0.25, 0.3) is 11.0 Å². The second-order valence-corrected chi connectivity index (χ2v) is 3.33. The molecule has 0 unspecified atom stereocenters. The van der Waals surface area contributed by atoms with Gasteiger partial charge in [-0.2, -0.15) is 0 Å². The van der Waals surface area contributed by atoms with E-state index in [2.05, 4.69) is 9.97 Å². The van der Waals surface area contributed by atoms with Crippen LogP contribution in [0.1, 0.15) is 5.56 Å². The summed E-state index contributed by atoms with van der Waals surface area (Å²) >= 11 is 11.6. The van der Waals surface area contributed by atoms with Crippen molar-refractivity contribution in [3.8, 4) is 0 Å². The van der Waals surface area contributed by atoms with Gasteiger partial charge in [0.25, 0.3) is 0 Å². The van der Waals surface area contributed by atoms with E-state index in [0.717, 1.165) is 5.39 Å². The van der Waals surface area contributed by atoms with Gasteiger partial charge in [0.1, 0.15) is 10.8 Å². The summed E-state index contributed by atoms with van der Waals surface area (Å²) in [6, 6.07) is 1.80. The van der Waals surface area contributed by atoms with Crippen LogP contribution in [0, 0.1) is 0 Å². The van der Waals surface area contributed by atoms with E-state index in [1.807, 2.05) is 0 Å². The molecule has 3 nitrogen and oxygen atoms in total. The second-order valence-electron chi connectivity index (χ2n) is 2.59. The van der Waals surface area contributed by atoms with Crippen LogP contribution in [-0.4, -0.2) is 15.1 Å². The van der Waals surface area contributed by atoms with Gasteiger partial charge >= 0.3 is 0 Å². The summed E-state index contributed by atoms with van der Waals surface area (Å²) in [6.45, 7) is -0.143. The molecule has 68 valence electrons. The number of hydrogen-bond donors (Lipinski definition) is 2. The number of aliphatic hydroxyl groups is 1. The van der Waals surface area contributed by atoms with Crippen LogP contribution in [-0.2, 0) is 6.61 Å². The van der Waals surface area contributed by atoms with E-state index in [-0.39, 0.29) is 11.8 Å². The van der Waals surface area contributed by atoms with Crippen LogP contribution in [0.5, 0.6) is 0 Å². The van der Waals surface area contributed by atoms with Gasteiger partial charge in [0.2, 0.25) is 0 Å². The first-order valence-electron chi connectivity index (χ1n) is 3.66. The van der Waals surface area contributed by atoms with Gasteiger partial charge in [-0.3, -0.25) is 0 Å². The molecule has 0 radical (unpaired) electrons. The number of halogens is 2. The van der Waals surface area contributed by atoms with Gasteiger partial charge in [-0.05, 0) is 6.07 Å². The molecule has 2 aromatic rings. The lowest BCUT2D eigenvalue weighted by molar-refractivity contribution is 0.283. The molecule has 2 N–H and O–H groups in total. The average Bonchev–Trinajstić information content (AvgIpc) is 2.54. The average molecular weight is 217 g/mol. The number of H-pyrrole nitrogens is 1. The summed E-state index contributed by atoms with van der Waals surface area (Å²) in [5.41, 5.74) is 1.25. The third-order valence-electron chi connectivity index (χ3n) is 1.86. The van der Waals surface area contributed by atoms with E-state index in [1.165, 1.54) is 0 Å². The molecule has 0 spiro atoms. The molecule has 5 heteroatoms. The zero-order valence-electron chi connectivity index (χ0n) is 6.51. The monoisotopic (exact) mass is 216 g/mol. The number of aromatic amines is 1. The molecule has 0 fully saturated rings. The number of pyridine rings is 1. The van der Waals surface area contributed by atoms with Crippen molar-refractivity contribution in [3.05, 3.63) is 28.0 Å². The first kappa shape index (κ1) is 8.81. The number of aromatic nitrogens is 2. The SMILES string of the molecule is OCc1c(Cl)c(Cl)nc2[nH]ccc12. The molecule has 0 aliphatic rings. The molecule has 0 aromatic carbocycles. The highest BCUT2D eigenvalue weighted by Crippen LogP contribution is 2.29. The zero-order chi connectivity index (χ0) is 9.42. The predicted octanol–water partition coefficient (Wildman–Crippen LogP) is 2.36. The van der Waals surface area contributed by atoms with Gasteiger partial charge in [0, 0.05) is 17.1 Å². The third kappa shape index (κ3) is 1.29. The van der Waals surface area contributed by atoms with Gasteiger partial charge in [-0.1, -0.05) is 23.2 Å². The molecular formula is C8H6Cl2N2O. The summed E-state index contributed by atoms with van der Waals surface area (Å²) in [4.78, 5) is 6.91. The highest BCUT2D eigenvalue weighted by molar-refractivity contribution is 6.42. The van der Waals surface area contributed by atoms with Crippen molar-refractivity contribution in [2.24, 2.45) is 0 Å². The Bertz CT molecular complexity index is 453.